The SMILES string of the molecule is C/C=N/N1CCN(Cc2cc(-c3ccccc3)no2)CC1. The van der Waals surface area contributed by atoms with Crippen molar-refractivity contribution in [1.82, 2.24) is 15.1 Å². The van der Waals surface area contributed by atoms with Crippen molar-refractivity contribution in [1.29, 1.82) is 0 Å². The van der Waals surface area contributed by atoms with Crippen LogP contribution in [0.15, 0.2) is 46.0 Å². The van der Waals surface area contributed by atoms with Crippen LogP contribution in [0.5, 0.6) is 0 Å². The first-order chi connectivity index (χ1) is 10.3. The number of aromatic nitrogens is 1. The lowest BCUT2D eigenvalue weighted by atomic mass is 10.1. The second kappa shape index (κ2) is 6.54. The van der Waals surface area contributed by atoms with Gasteiger partial charge in [-0.2, -0.15) is 5.10 Å². The Labute approximate surface area is 124 Å². The molecule has 1 aliphatic rings. The van der Waals surface area contributed by atoms with E-state index in [1.165, 1.54) is 0 Å². The van der Waals surface area contributed by atoms with E-state index in [9.17, 15) is 0 Å². The van der Waals surface area contributed by atoms with Gasteiger partial charge < -0.3 is 4.52 Å². The average Bonchev–Trinajstić information content (AvgIpc) is 2.99. The van der Waals surface area contributed by atoms with Gasteiger partial charge in [-0.3, -0.25) is 9.91 Å². The van der Waals surface area contributed by atoms with E-state index >= 15 is 0 Å². The van der Waals surface area contributed by atoms with Crippen LogP contribution in [0, 0.1) is 0 Å². The predicted octanol–water partition coefficient (Wildman–Crippen LogP) is 2.46. The molecule has 1 aromatic carbocycles. The van der Waals surface area contributed by atoms with Gasteiger partial charge in [-0.15, -0.1) is 0 Å². The van der Waals surface area contributed by atoms with Crippen LogP contribution in [0.4, 0.5) is 0 Å². The third-order valence-electron chi connectivity index (χ3n) is 3.64. The zero-order chi connectivity index (χ0) is 14.5. The van der Waals surface area contributed by atoms with E-state index < -0.39 is 0 Å². The minimum atomic E-state index is 0.809. The maximum atomic E-state index is 5.46. The number of piperazine rings is 1. The number of hydrazone groups is 1. The van der Waals surface area contributed by atoms with Crippen molar-refractivity contribution in [2.45, 2.75) is 13.5 Å². The van der Waals surface area contributed by atoms with E-state index in [2.05, 4.69) is 20.2 Å². The molecule has 0 atom stereocenters. The maximum absolute atomic E-state index is 5.46. The quantitative estimate of drug-likeness (QED) is 0.809. The monoisotopic (exact) mass is 284 g/mol. The van der Waals surface area contributed by atoms with E-state index in [0.29, 0.717) is 0 Å². The van der Waals surface area contributed by atoms with Gasteiger partial charge in [0.15, 0.2) is 5.76 Å². The molecule has 2 aromatic rings. The summed E-state index contributed by atoms with van der Waals surface area (Å²) in [5, 5.41) is 10.6. The Morgan fingerprint density at radius 1 is 1.19 bits per heavy atom. The Hall–Kier alpha value is -2.14. The van der Waals surface area contributed by atoms with Gasteiger partial charge in [0.05, 0.1) is 6.54 Å². The Kier molecular flexibility index (Phi) is 4.31. The van der Waals surface area contributed by atoms with Crippen molar-refractivity contribution in [3.8, 4) is 11.3 Å². The van der Waals surface area contributed by atoms with E-state index in [0.717, 1.165) is 49.7 Å². The second-order valence-corrected chi connectivity index (χ2v) is 5.15. The molecule has 5 heteroatoms. The molecule has 2 heterocycles. The highest BCUT2D eigenvalue weighted by Crippen LogP contribution is 2.19. The van der Waals surface area contributed by atoms with Gasteiger partial charge in [-0.25, -0.2) is 0 Å². The molecule has 0 N–H and O–H groups in total. The molecule has 21 heavy (non-hydrogen) atoms. The molecule has 0 bridgehead atoms. The fourth-order valence-electron chi connectivity index (χ4n) is 2.53. The molecule has 110 valence electrons. The van der Waals surface area contributed by atoms with Crippen molar-refractivity contribution in [2.75, 3.05) is 26.2 Å². The van der Waals surface area contributed by atoms with Crippen LogP contribution in [0.25, 0.3) is 11.3 Å². The highest BCUT2D eigenvalue weighted by atomic mass is 16.5. The summed E-state index contributed by atoms with van der Waals surface area (Å²) in [6.45, 7) is 6.68. The molecular formula is C16H20N4O. The Balaban J connectivity index is 1.58. The third-order valence-corrected chi connectivity index (χ3v) is 3.64. The number of hydrogen-bond donors (Lipinski definition) is 0. The topological polar surface area (TPSA) is 44.9 Å². The summed E-state index contributed by atoms with van der Waals surface area (Å²) in [5.74, 6) is 0.918. The fourth-order valence-corrected chi connectivity index (χ4v) is 2.53. The average molecular weight is 284 g/mol. The van der Waals surface area contributed by atoms with Crippen molar-refractivity contribution in [2.24, 2.45) is 5.10 Å². The minimum absolute atomic E-state index is 0.809. The Morgan fingerprint density at radius 2 is 1.95 bits per heavy atom. The van der Waals surface area contributed by atoms with Crippen molar-refractivity contribution in [3.05, 3.63) is 42.2 Å². The molecule has 0 aliphatic carbocycles. The third kappa shape index (κ3) is 3.49. The smallest absolute Gasteiger partial charge is 0.151 e. The van der Waals surface area contributed by atoms with Crippen LogP contribution in [0.3, 0.4) is 0 Å². The number of rotatable bonds is 4. The van der Waals surface area contributed by atoms with Crippen LogP contribution in [0.1, 0.15) is 12.7 Å². The molecule has 0 saturated carbocycles. The van der Waals surface area contributed by atoms with Crippen LogP contribution in [-0.4, -0.2) is 47.5 Å². The van der Waals surface area contributed by atoms with Gasteiger partial charge in [0, 0.05) is 44.0 Å². The second-order valence-electron chi connectivity index (χ2n) is 5.15. The van der Waals surface area contributed by atoms with Crippen LogP contribution >= 0.6 is 0 Å². The molecule has 1 aliphatic heterocycles. The molecule has 0 radical (unpaired) electrons. The van der Waals surface area contributed by atoms with Crippen LogP contribution < -0.4 is 0 Å². The largest absolute Gasteiger partial charge is 0.359 e. The summed E-state index contributed by atoms with van der Waals surface area (Å²) in [6.07, 6.45) is 1.85. The van der Waals surface area contributed by atoms with E-state index in [4.69, 9.17) is 4.52 Å². The van der Waals surface area contributed by atoms with Crippen LogP contribution in [0.2, 0.25) is 0 Å². The summed E-state index contributed by atoms with van der Waals surface area (Å²) in [4.78, 5) is 2.37. The van der Waals surface area contributed by atoms with Crippen LogP contribution in [-0.2, 0) is 6.54 Å². The Bertz CT molecular complexity index is 585. The zero-order valence-electron chi connectivity index (χ0n) is 12.3. The summed E-state index contributed by atoms with van der Waals surface area (Å²) in [5.41, 5.74) is 1.99. The molecular weight excluding hydrogens is 264 g/mol. The Morgan fingerprint density at radius 3 is 2.67 bits per heavy atom. The number of benzene rings is 1. The van der Waals surface area contributed by atoms with E-state index in [1.807, 2.05) is 49.5 Å². The van der Waals surface area contributed by atoms with Gasteiger partial charge in [-0.05, 0) is 6.92 Å². The minimum Gasteiger partial charge on any atom is -0.359 e. The maximum Gasteiger partial charge on any atom is 0.151 e. The van der Waals surface area contributed by atoms with E-state index in [1.54, 1.807) is 0 Å². The number of hydrogen-bond acceptors (Lipinski definition) is 5. The lowest BCUT2D eigenvalue weighted by Crippen LogP contribution is -2.43. The normalized spacial score (nSPS) is 16.7. The lowest BCUT2D eigenvalue weighted by Gasteiger charge is -2.32. The molecule has 1 aromatic heterocycles. The first kappa shape index (κ1) is 13.8. The molecule has 3 rings (SSSR count). The summed E-state index contributed by atoms with van der Waals surface area (Å²) >= 11 is 0. The van der Waals surface area contributed by atoms with Crippen molar-refractivity contribution in [3.63, 3.8) is 0 Å². The molecule has 1 saturated heterocycles. The molecule has 1 fully saturated rings. The highest BCUT2D eigenvalue weighted by Gasteiger charge is 2.17. The summed E-state index contributed by atoms with van der Waals surface area (Å²) in [6, 6.07) is 12.1. The fraction of sp³-hybridized carbons (Fsp3) is 0.375. The summed E-state index contributed by atoms with van der Waals surface area (Å²) in [7, 11) is 0. The molecule has 0 unspecified atom stereocenters. The van der Waals surface area contributed by atoms with E-state index in [-0.39, 0.29) is 0 Å². The van der Waals surface area contributed by atoms with Crippen molar-refractivity contribution < 1.29 is 4.52 Å². The first-order valence-electron chi connectivity index (χ1n) is 7.32. The molecule has 0 spiro atoms. The van der Waals surface area contributed by atoms with Crippen molar-refractivity contribution >= 4 is 6.21 Å². The lowest BCUT2D eigenvalue weighted by molar-refractivity contribution is 0.122. The first-order valence-corrected chi connectivity index (χ1v) is 7.32. The number of nitrogens with zero attached hydrogens (tertiary/aromatic N) is 4. The van der Waals surface area contributed by atoms with Gasteiger partial charge in [-0.1, -0.05) is 35.5 Å². The zero-order valence-corrected chi connectivity index (χ0v) is 12.3. The standard InChI is InChI=1S/C16H20N4O/c1-2-17-20-10-8-19(9-11-20)13-15-12-16(18-21-15)14-6-4-3-5-7-14/h2-7,12H,8-11,13H2,1H3/b17-2+. The van der Waals surface area contributed by atoms with Gasteiger partial charge in [0.1, 0.15) is 5.69 Å². The molecule has 5 nitrogen and oxygen atoms in total. The summed E-state index contributed by atoms with van der Waals surface area (Å²) < 4.78 is 5.46. The predicted molar refractivity (Wildman–Crippen MR) is 83.0 cm³/mol. The van der Waals surface area contributed by atoms with Gasteiger partial charge >= 0.3 is 0 Å². The molecule has 0 amide bonds. The highest BCUT2D eigenvalue weighted by molar-refractivity contribution is 5.58. The van der Waals surface area contributed by atoms with Gasteiger partial charge in [0.25, 0.3) is 0 Å². The van der Waals surface area contributed by atoms with Gasteiger partial charge in [0.2, 0.25) is 0 Å².